The van der Waals surface area contributed by atoms with E-state index in [1.54, 1.807) is 18.6 Å². The Balaban J connectivity index is 1.28. The SMILES string of the molecule is CC(c1cc(F)ccc1Cc1nc2ccc(N3C=C(c4ccccc4)CN=N3)cc2cc1Cc1ccccc1)n1ccnc1. The van der Waals surface area contributed by atoms with Crippen LogP contribution in [0.1, 0.15) is 46.5 Å². The number of rotatable bonds is 8. The molecular formula is C37H31FN6. The molecule has 6 nitrogen and oxygen atoms in total. The molecule has 1 unspecified atom stereocenters. The van der Waals surface area contributed by atoms with Crippen molar-refractivity contribution in [3.05, 3.63) is 167 Å². The van der Waals surface area contributed by atoms with E-state index >= 15 is 0 Å². The third-order valence-electron chi connectivity index (χ3n) is 8.18. The lowest BCUT2D eigenvalue weighted by molar-refractivity contribution is 0.600. The highest BCUT2D eigenvalue weighted by atomic mass is 19.1. The Labute approximate surface area is 255 Å². The van der Waals surface area contributed by atoms with Gasteiger partial charge in [0.15, 0.2) is 0 Å². The van der Waals surface area contributed by atoms with Gasteiger partial charge in [-0.05, 0) is 77.6 Å². The molecule has 6 aromatic rings. The van der Waals surface area contributed by atoms with Crippen molar-refractivity contribution in [3.63, 3.8) is 0 Å². The highest BCUT2D eigenvalue weighted by Gasteiger charge is 2.18. The predicted octanol–water partition coefficient (Wildman–Crippen LogP) is 8.59. The molecule has 1 aliphatic heterocycles. The van der Waals surface area contributed by atoms with Crippen LogP contribution in [0.15, 0.2) is 138 Å². The lowest BCUT2D eigenvalue weighted by Crippen LogP contribution is -2.13. The summed E-state index contributed by atoms with van der Waals surface area (Å²) in [7, 11) is 0. The third-order valence-corrected chi connectivity index (χ3v) is 8.18. The van der Waals surface area contributed by atoms with E-state index in [1.165, 1.54) is 11.6 Å². The van der Waals surface area contributed by atoms with Gasteiger partial charge in [-0.25, -0.2) is 14.4 Å². The molecule has 4 aromatic carbocycles. The summed E-state index contributed by atoms with van der Waals surface area (Å²) in [5.74, 6) is -0.251. The highest BCUT2D eigenvalue weighted by Crippen LogP contribution is 2.31. The summed E-state index contributed by atoms with van der Waals surface area (Å²) in [4.78, 5) is 9.40. The van der Waals surface area contributed by atoms with Crippen LogP contribution in [0.25, 0.3) is 16.5 Å². The number of pyridine rings is 1. The van der Waals surface area contributed by atoms with Gasteiger partial charge < -0.3 is 4.57 Å². The zero-order chi connectivity index (χ0) is 29.9. The number of nitrogens with zero attached hydrogens (tertiary/aromatic N) is 6. The molecule has 0 fully saturated rings. The second-order valence-electron chi connectivity index (χ2n) is 11.1. The quantitative estimate of drug-likeness (QED) is 0.182. The number of hydrogen-bond donors (Lipinski definition) is 0. The van der Waals surface area contributed by atoms with Crippen LogP contribution in [0.3, 0.4) is 0 Å². The maximum Gasteiger partial charge on any atom is 0.123 e. The van der Waals surface area contributed by atoms with Gasteiger partial charge in [0.05, 0.1) is 30.1 Å². The van der Waals surface area contributed by atoms with Gasteiger partial charge in [0.2, 0.25) is 0 Å². The average molecular weight is 579 g/mol. The normalized spacial score (nSPS) is 13.7. The van der Waals surface area contributed by atoms with Gasteiger partial charge in [-0.15, -0.1) is 0 Å². The van der Waals surface area contributed by atoms with Crippen LogP contribution < -0.4 is 5.01 Å². The first-order valence-electron chi connectivity index (χ1n) is 14.8. The smallest absolute Gasteiger partial charge is 0.123 e. The van der Waals surface area contributed by atoms with E-state index in [1.807, 2.05) is 64.4 Å². The zero-order valence-electron chi connectivity index (χ0n) is 24.4. The molecule has 0 saturated carbocycles. The fourth-order valence-electron chi connectivity index (χ4n) is 5.80. The summed E-state index contributed by atoms with van der Waals surface area (Å²) < 4.78 is 16.5. The molecule has 0 radical (unpaired) electrons. The largest absolute Gasteiger partial charge is 0.330 e. The summed E-state index contributed by atoms with van der Waals surface area (Å²) >= 11 is 0. The second-order valence-corrected chi connectivity index (χ2v) is 11.1. The van der Waals surface area contributed by atoms with E-state index in [-0.39, 0.29) is 11.9 Å². The molecule has 1 atom stereocenters. The number of hydrogen-bond acceptors (Lipinski definition) is 5. The fraction of sp³-hybridized carbons (Fsp3) is 0.135. The van der Waals surface area contributed by atoms with Crippen LogP contribution in [0, 0.1) is 5.82 Å². The number of anilines is 1. The van der Waals surface area contributed by atoms with Crippen LogP contribution in [0.4, 0.5) is 10.1 Å². The van der Waals surface area contributed by atoms with Gasteiger partial charge in [-0.3, -0.25) is 4.98 Å². The molecule has 0 aliphatic carbocycles. The number of aromatic nitrogens is 3. The van der Waals surface area contributed by atoms with Crippen molar-refractivity contribution in [1.82, 2.24) is 14.5 Å². The van der Waals surface area contributed by atoms with Crippen LogP contribution in [-0.4, -0.2) is 21.1 Å². The molecule has 0 bridgehead atoms. The Bertz CT molecular complexity index is 1970. The van der Waals surface area contributed by atoms with Crippen molar-refractivity contribution in [2.75, 3.05) is 11.6 Å². The van der Waals surface area contributed by atoms with Crippen molar-refractivity contribution < 1.29 is 4.39 Å². The minimum Gasteiger partial charge on any atom is -0.330 e. The monoisotopic (exact) mass is 578 g/mol. The van der Waals surface area contributed by atoms with Gasteiger partial charge in [-0.1, -0.05) is 72.0 Å². The lowest BCUT2D eigenvalue weighted by atomic mass is 9.93. The van der Waals surface area contributed by atoms with E-state index in [0.717, 1.165) is 56.5 Å². The molecule has 0 spiro atoms. The van der Waals surface area contributed by atoms with Crippen LogP contribution in [0.5, 0.6) is 0 Å². The standard InChI is InChI=1S/C37H31FN6/c1-26(43-17-16-39-25-43)35-22-33(38)13-12-29(35)21-37-30(18-27-8-4-2-5-9-27)19-31-20-34(14-15-36(31)41-37)44-24-32(23-40-42-44)28-10-6-3-7-11-28/h2-17,19-20,22,24-26H,18,21,23H2,1H3. The van der Waals surface area contributed by atoms with Crippen molar-refractivity contribution >= 4 is 22.2 Å². The van der Waals surface area contributed by atoms with Crippen molar-refractivity contribution in [3.8, 4) is 0 Å². The van der Waals surface area contributed by atoms with E-state index in [2.05, 4.69) is 70.8 Å². The first-order valence-corrected chi connectivity index (χ1v) is 14.8. The molecular weight excluding hydrogens is 547 g/mol. The number of halogens is 1. The van der Waals surface area contributed by atoms with Crippen molar-refractivity contribution in [1.29, 1.82) is 0 Å². The van der Waals surface area contributed by atoms with E-state index < -0.39 is 0 Å². The molecule has 7 heteroatoms. The predicted molar refractivity (Wildman–Crippen MR) is 173 cm³/mol. The number of imidazole rings is 1. The maximum absolute atomic E-state index is 14.5. The number of benzene rings is 4. The minimum atomic E-state index is -0.251. The first kappa shape index (κ1) is 27.4. The van der Waals surface area contributed by atoms with Gasteiger partial charge in [0.25, 0.3) is 0 Å². The lowest BCUT2D eigenvalue weighted by Gasteiger charge is -2.21. The topological polar surface area (TPSA) is 58.7 Å². The molecule has 216 valence electrons. The molecule has 0 amide bonds. The minimum absolute atomic E-state index is 0.0728. The second kappa shape index (κ2) is 12.1. The van der Waals surface area contributed by atoms with Crippen molar-refractivity contribution in [2.24, 2.45) is 10.3 Å². The zero-order valence-corrected chi connectivity index (χ0v) is 24.4. The average Bonchev–Trinajstić information content (AvgIpc) is 3.62. The van der Waals surface area contributed by atoms with Gasteiger partial charge in [0.1, 0.15) is 5.82 Å². The molecule has 0 saturated heterocycles. The molecule has 7 rings (SSSR count). The van der Waals surface area contributed by atoms with Gasteiger partial charge in [-0.2, -0.15) is 5.11 Å². The van der Waals surface area contributed by atoms with E-state index in [9.17, 15) is 4.39 Å². The van der Waals surface area contributed by atoms with Crippen molar-refractivity contribution in [2.45, 2.75) is 25.8 Å². The molecule has 1 aliphatic rings. The molecule has 0 N–H and O–H groups in total. The molecule has 44 heavy (non-hydrogen) atoms. The van der Waals surface area contributed by atoms with E-state index in [0.29, 0.717) is 13.0 Å². The van der Waals surface area contributed by atoms with Crippen LogP contribution >= 0.6 is 0 Å². The fourth-order valence-corrected chi connectivity index (χ4v) is 5.80. The summed E-state index contributed by atoms with van der Waals surface area (Å²) in [6, 6.07) is 34.1. The Hall–Kier alpha value is -5.43. The maximum atomic E-state index is 14.5. The third kappa shape index (κ3) is 5.77. The van der Waals surface area contributed by atoms with Crippen LogP contribution in [-0.2, 0) is 12.8 Å². The Morgan fingerprint density at radius 1 is 0.841 bits per heavy atom. The summed E-state index contributed by atoms with van der Waals surface area (Å²) in [6.07, 6.45) is 8.79. The van der Waals surface area contributed by atoms with Gasteiger partial charge in [0, 0.05) is 41.7 Å². The Kier molecular flexibility index (Phi) is 7.51. The summed E-state index contributed by atoms with van der Waals surface area (Å²) in [5.41, 5.74) is 9.33. The molecule has 3 heterocycles. The van der Waals surface area contributed by atoms with E-state index in [4.69, 9.17) is 4.98 Å². The molecule has 2 aromatic heterocycles. The highest BCUT2D eigenvalue weighted by molar-refractivity contribution is 5.84. The summed E-state index contributed by atoms with van der Waals surface area (Å²) in [5, 5.41) is 11.7. The van der Waals surface area contributed by atoms with Crippen LogP contribution in [0.2, 0.25) is 0 Å². The Morgan fingerprint density at radius 2 is 1.66 bits per heavy atom. The number of fused-ring (bicyclic) bond motifs is 1. The van der Waals surface area contributed by atoms with Gasteiger partial charge >= 0.3 is 0 Å². The first-order chi connectivity index (χ1) is 21.6. The Morgan fingerprint density at radius 3 is 2.45 bits per heavy atom. The summed E-state index contributed by atoms with van der Waals surface area (Å²) in [6.45, 7) is 2.61.